The third-order valence-electron chi connectivity index (χ3n) is 4.55. The summed E-state index contributed by atoms with van der Waals surface area (Å²) < 4.78 is 5.41. The zero-order chi connectivity index (χ0) is 18.7. The molecule has 0 saturated carbocycles. The van der Waals surface area contributed by atoms with Crippen LogP contribution < -0.4 is 16.8 Å². The van der Waals surface area contributed by atoms with Gasteiger partial charge in [-0.3, -0.25) is 9.69 Å². The Labute approximate surface area is 155 Å². The molecule has 1 saturated heterocycles. The number of nitrogens with zero attached hydrogens (tertiary/aromatic N) is 1. The molecule has 2 aromatic rings. The van der Waals surface area contributed by atoms with Gasteiger partial charge >= 0.3 is 6.03 Å². The van der Waals surface area contributed by atoms with Gasteiger partial charge in [0, 0.05) is 29.6 Å². The minimum Gasteiger partial charge on any atom is -0.379 e. The first-order valence-corrected chi connectivity index (χ1v) is 9.25. The number of rotatable bonds is 5. The first-order valence-electron chi connectivity index (χ1n) is 8.37. The molecular formula is C18H22N4O3S. The highest BCUT2D eigenvalue weighted by Gasteiger charge is 2.21. The summed E-state index contributed by atoms with van der Waals surface area (Å²) in [7, 11) is 0. The van der Waals surface area contributed by atoms with Crippen LogP contribution in [-0.2, 0) is 4.74 Å². The number of hydrogen-bond donors (Lipinski definition) is 3. The number of thiophene rings is 1. The predicted octanol–water partition coefficient (Wildman–Crippen LogP) is 2.40. The van der Waals surface area contributed by atoms with Gasteiger partial charge in [0.1, 0.15) is 0 Å². The van der Waals surface area contributed by atoms with E-state index in [2.05, 4.69) is 17.1 Å². The molecule has 0 aliphatic carbocycles. The maximum atomic E-state index is 11.7. The molecule has 1 aromatic carbocycles. The van der Waals surface area contributed by atoms with Gasteiger partial charge in [0.05, 0.1) is 24.5 Å². The Balaban J connectivity index is 1.99. The molecular weight excluding hydrogens is 352 g/mol. The standard InChI is InChI=1S/C18H22N4O3S/c1-11(22-5-7-25-8-6-22)12-2-3-13(15(10-12)21-18(20)24)16-14(17(19)23)4-9-26-16/h2-4,9-11H,5-8H2,1H3,(H2,19,23)(H3,20,21,24)/t11-/m1/s1. The van der Waals surface area contributed by atoms with Crippen LogP contribution in [0.15, 0.2) is 29.6 Å². The fourth-order valence-electron chi connectivity index (χ4n) is 3.14. The average molecular weight is 374 g/mol. The fraction of sp³-hybridized carbons (Fsp3) is 0.333. The number of anilines is 1. The molecule has 5 N–H and O–H groups in total. The Morgan fingerprint density at radius 1 is 1.23 bits per heavy atom. The third-order valence-corrected chi connectivity index (χ3v) is 5.50. The van der Waals surface area contributed by atoms with Gasteiger partial charge in [-0.1, -0.05) is 12.1 Å². The maximum Gasteiger partial charge on any atom is 0.316 e. The summed E-state index contributed by atoms with van der Waals surface area (Å²) in [6, 6.07) is 7.01. The van der Waals surface area contributed by atoms with E-state index in [0.717, 1.165) is 24.2 Å². The zero-order valence-corrected chi connectivity index (χ0v) is 15.3. The van der Waals surface area contributed by atoms with Crippen molar-refractivity contribution in [2.24, 2.45) is 11.5 Å². The van der Waals surface area contributed by atoms with Crippen LogP contribution in [0.1, 0.15) is 28.9 Å². The van der Waals surface area contributed by atoms with E-state index in [9.17, 15) is 9.59 Å². The van der Waals surface area contributed by atoms with Crippen molar-refractivity contribution >= 4 is 29.0 Å². The van der Waals surface area contributed by atoms with E-state index in [4.69, 9.17) is 16.2 Å². The highest BCUT2D eigenvalue weighted by molar-refractivity contribution is 7.14. The Bertz CT molecular complexity index is 815. The summed E-state index contributed by atoms with van der Waals surface area (Å²) in [5, 5.41) is 4.48. The lowest BCUT2D eigenvalue weighted by Gasteiger charge is -2.32. The molecule has 0 spiro atoms. The second-order valence-electron chi connectivity index (χ2n) is 6.15. The Hall–Kier alpha value is -2.42. The molecule has 0 bridgehead atoms. The molecule has 1 aliphatic rings. The average Bonchev–Trinajstić information content (AvgIpc) is 3.11. The van der Waals surface area contributed by atoms with E-state index >= 15 is 0 Å². The largest absolute Gasteiger partial charge is 0.379 e. The lowest BCUT2D eigenvalue weighted by Crippen LogP contribution is -2.38. The summed E-state index contributed by atoms with van der Waals surface area (Å²) in [6.07, 6.45) is 0. The van der Waals surface area contributed by atoms with Crippen molar-refractivity contribution in [2.45, 2.75) is 13.0 Å². The SMILES string of the molecule is C[C@H](c1ccc(-c2sccc2C(N)=O)c(NC(N)=O)c1)N1CCOCC1. The van der Waals surface area contributed by atoms with Gasteiger partial charge < -0.3 is 21.5 Å². The van der Waals surface area contributed by atoms with E-state index in [0.29, 0.717) is 29.3 Å². The van der Waals surface area contributed by atoms with E-state index in [1.165, 1.54) is 11.3 Å². The van der Waals surface area contributed by atoms with Crippen LogP contribution in [0, 0.1) is 0 Å². The van der Waals surface area contributed by atoms with Crippen molar-refractivity contribution in [3.05, 3.63) is 40.8 Å². The number of carbonyl (C=O) groups is 2. The number of ether oxygens (including phenoxy) is 1. The Morgan fingerprint density at radius 2 is 1.96 bits per heavy atom. The molecule has 138 valence electrons. The van der Waals surface area contributed by atoms with E-state index < -0.39 is 11.9 Å². The minimum absolute atomic E-state index is 0.167. The lowest BCUT2D eigenvalue weighted by molar-refractivity contribution is 0.0199. The van der Waals surface area contributed by atoms with Crippen LogP contribution in [0.4, 0.5) is 10.5 Å². The fourth-order valence-corrected chi connectivity index (χ4v) is 4.08. The Morgan fingerprint density at radius 3 is 2.62 bits per heavy atom. The van der Waals surface area contributed by atoms with Crippen LogP contribution in [0.2, 0.25) is 0 Å². The normalized spacial score (nSPS) is 16.2. The van der Waals surface area contributed by atoms with Crippen molar-refractivity contribution in [3.8, 4) is 10.4 Å². The summed E-state index contributed by atoms with van der Waals surface area (Å²) in [5.41, 5.74) is 13.6. The summed E-state index contributed by atoms with van der Waals surface area (Å²) in [4.78, 5) is 26.2. The highest BCUT2D eigenvalue weighted by Crippen LogP contribution is 2.37. The number of benzene rings is 1. The van der Waals surface area contributed by atoms with Crippen molar-refractivity contribution < 1.29 is 14.3 Å². The van der Waals surface area contributed by atoms with E-state index in [1.54, 1.807) is 11.4 Å². The number of nitrogens with one attached hydrogen (secondary N) is 1. The maximum absolute atomic E-state index is 11.7. The van der Waals surface area contributed by atoms with Gasteiger partial charge in [-0.2, -0.15) is 0 Å². The van der Waals surface area contributed by atoms with Crippen molar-refractivity contribution in [2.75, 3.05) is 31.6 Å². The summed E-state index contributed by atoms with van der Waals surface area (Å²) in [5.74, 6) is -0.503. The van der Waals surface area contributed by atoms with Gasteiger partial charge in [-0.05, 0) is 30.0 Å². The second-order valence-corrected chi connectivity index (χ2v) is 7.06. The van der Waals surface area contributed by atoms with Gasteiger partial charge in [0.15, 0.2) is 0 Å². The van der Waals surface area contributed by atoms with Gasteiger partial charge in [0.25, 0.3) is 0 Å². The molecule has 3 amide bonds. The number of morpholine rings is 1. The van der Waals surface area contributed by atoms with Crippen LogP contribution >= 0.6 is 11.3 Å². The third kappa shape index (κ3) is 3.87. The van der Waals surface area contributed by atoms with Gasteiger partial charge in [-0.25, -0.2) is 4.79 Å². The van der Waals surface area contributed by atoms with Crippen LogP contribution in [0.25, 0.3) is 10.4 Å². The number of primary amides is 2. The number of nitrogens with two attached hydrogens (primary N) is 2. The number of urea groups is 1. The first-order chi connectivity index (χ1) is 12.5. The quantitative estimate of drug-likeness (QED) is 0.746. The molecule has 2 heterocycles. The van der Waals surface area contributed by atoms with Crippen molar-refractivity contribution in [1.82, 2.24) is 4.90 Å². The molecule has 0 unspecified atom stereocenters. The zero-order valence-electron chi connectivity index (χ0n) is 14.5. The summed E-state index contributed by atoms with van der Waals surface area (Å²) >= 11 is 1.39. The molecule has 1 aromatic heterocycles. The van der Waals surface area contributed by atoms with Crippen molar-refractivity contribution in [1.29, 1.82) is 0 Å². The topological polar surface area (TPSA) is 111 Å². The van der Waals surface area contributed by atoms with Gasteiger partial charge in [0.2, 0.25) is 5.91 Å². The number of amides is 3. The Kier molecular flexibility index (Phi) is 5.55. The van der Waals surface area contributed by atoms with Crippen LogP contribution in [0.3, 0.4) is 0 Å². The van der Waals surface area contributed by atoms with E-state index in [-0.39, 0.29) is 6.04 Å². The molecule has 1 fully saturated rings. The van der Waals surface area contributed by atoms with Crippen molar-refractivity contribution in [3.63, 3.8) is 0 Å². The molecule has 1 aliphatic heterocycles. The first kappa shape index (κ1) is 18.4. The predicted molar refractivity (Wildman–Crippen MR) is 102 cm³/mol. The highest BCUT2D eigenvalue weighted by atomic mass is 32.1. The minimum atomic E-state index is -0.653. The smallest absolute Gasteiger partial charge is 0.316 e. The molecule has 3 rings (SSSR count). The summed E-state index contributed by atoms with van der Waals surface area (Å²) in [6.45, 7) is 5.27. The number of carbonyl (C=O) groups excluding carboxylic acids is 2. The number of hydrogen-bond acceptors (Lipinski definition) is 5. The van der Waals surface area contributed by atoms with Crippen LogP contribution in [0.5, 0.6) is 0 Å². The monoisotopic (exact) mass is 374 g/mol. The lowest BCUT2D eigenvalue weighted by atomic mass is 10.00. The second kappa shape index (κ2) is 7.86. The van der Waals surface area contributed by atoms with E-state index in [1.807, 2.05) is 18.2 Å². The molecule has 26 heavy (non-hydrogen) atoms. The molecule has 7 nitrogen and oxygen atoms in total. The molecule has 0 radical (unpaired) electrons. The molecule has 8 heteroatoms. The molecule has 1 atom stereocenters. The van der Waals surface area contributed by atoms with Crippen LogP contribution in [-0.4, -0.2) is 43.1 Å². The van der Waals surface area contributed by atoms with Gasteiger partial charge in [-0.15, -0.1) is 11.3 Å².